The highest BCUT2D eigenvalue weighted by molar-refractivity contribution is 5.78. The second-order valence-corrected chi connectivity index (χ2v) is 6.41. The van der Waals surface area contributed by atoms with E-state index in [9.17, 15) is 4.79 Å². The molecule has 0 spiro atoms. The molecule has 2 aliphatic heterocycles. The lowest BCUT2D eigenvalue weighted by Crippen LogP contribution is -2.45. The number of carbonyl (C=O) groups excluding carboxylic acids is 1. The Hall–Kier alpha value is -2.14. The highest BCUT2D eigenvalue weighted by Gasteiger charge is 2.38. The summed E-state index contributed by atoms with van der Waals surface area (Å²) in [6, 6.07) is 8.36. The minimum atomic E-state index is -0.127. The van der Waals surface area contributed by atoms with Crippen LogP contribution >= 0.6 is 0 Å². The number of rotatable bonds is 2. The standard InChI is InChI=1S/C17H20N4O/c1-12-3-2-4-13(7-12)15-8-18-21(10-15)17(22)19-16-11-20-6-5-14(16)9-20/h2-4,7-8,10,14,16H,5-6,9,11H2,1H3,(H,19,22)/t14-,16?/m0/s1. The zero-order chi connectivity index (χ0) is 15.1. The van der Waals surface area contributed by atoms with Gasteiger partial charge in [-0.2, -0.15) is 9.78 Å². The first-order valence-corrected chi connectivity index (χ1v) is 7.84. The van der Waals surface area contributed by atoms with Gasteiger partial charge in [-0.15, -0.1) is 0 Å². The molecule has 0 saturated carbocycles. The SMILES string of the molecule is Cc1cccc(-c2cnn(C(=O)NC3CN4CC[C@H]3C4)c2)c1. The predicted molar refractivity (Wildman–Crippen MR) is 84.7 cm³/mol. The van der Waals surface area contributed by atoms with Crippen LogP contribution in [0.4, 0.5) is 4.79 Å². The molecule has 2 fully saturated rings. The zero-order valence-electron chi connectivity index (χ0n) is 12.7. The Morgan fingerprint density at radius 3 is 2.95 bits per heavy atom. The minimum Gasteiger partial charge on any atom is -0.332 e. The van der Waals surface area contributed by atoms with Crippen molar-refractivity contribution in [1.82, 2.24) is 20.0 Å². The van der Waals surface area contributed by atoms with Gasteiger partial charge in [0.2, 0.25) is 0 Å². The monoisotopic (exact) mass is 296 g/mol. The third kappa shape index (κ3) is 2.41. The van der Waals surface area contributed by atoms with Crippen LogP contribution in [-0.4, -0.2) is 46.4 Å². The molecule has 5 heteroatoms. The van der Waals surface area contributed by atoms with Crippen molar-refractivity contribution in [1.29, 1.82) is 0 Å². The lowest BCUT2D eigenvalue weighted by atomic mass is 10.0. The van der Waals surface area contributed by atoms with E-state index in [1.807, 2.05) is 12.1 Å². The van der Waals surface area contributed by atoms with Crippen LogP contribution in [0.25, 0.3) is 11.1 Å². The summed E-state index contributed by atoms with van der Waals surface area (Å²) in [4.78, 5) is 14.8. The number of nitrogens with zero attached hydrogens (tertiary/aromatic N) is 3. The lowest BCUT2D eigenvalue weighted by molar-refractivity contribution is 0.228. The molecule has 3 atom stereocenters. The molecule has 2 saturated heterocycles. The third-order valence-electron chi connectivity index (χ3n) is 4.78. The molecule has 2 aliphatic rings. The molecule has 1 aromatic heterocycles. The minimum absolute atomic E-state index is 0.127. The summed E-state index contributed by atoms with van der Waals surface area (Å²) in [7, 11) is 0. The third-order valence-corrected chi connectivity index (χ3v) is 4.78. The number of nitrogens with one attached hydrogen (secondary N) is 1. The van der Waals surface area contributed by atoms with E-state index in [0.717, 1.165) is 24.2 Å². The van der Waals surface area contributed by atoms with Gasteiger partial charge in [0.15, 0.2) is 0 Å². The normalized spacial score (nSPS) is 26.3. The summed E-state index contributed by atoms with van der Waals surface area (Å²) in [6.07, 6.45) is 4.74. The largest absolute Gasteiger partial charge is 0.342 e. The number of aromatic nitrogens is 2. The quantitative estimate of drug-likeness (QED) is 0.923. The number of carbonyl (C=O) groups is 1. The van der Waals surface area contributed by atoms with Crippen molar-refractivity contribution in [2.75, 3.05) is 19.6 Å². The molecule has 1 N–H and O–H groups in total. The molecular formula is C17H20N4O. The van der Waals surface area contributed by atoms with Crippen LogP contribution in [-0.2, 0) is 0 Å². The van der Waals surface area contributed by atoms with Crippen molar-refractivity contribution in [3.63, 3.8) is 0 Å². The van der Waals surface area contributed by atoms with Crippen LogP contribution in [0.5, 0.6) is 0 Å². The average molecular weight is 296 g/mol. The molecule has 1 aromatic carbocycles. The maximum absolute atomic E-state index is 12.4. The fourth-order valence-electron chi connectivity index (χ4n) is 3.58. The van der Waals surface area contributed by atoms with E-state index in [2.05, 4.69) is 34.4 Å². The predicted octanol–water partition coefficient (Wildman–Crippen LogP) is 2.12. The highest BCUT2D eigenvalue weighted by Crippen LogP contribution is 2.27. The smallest absolute Gasteiger partial charge is 0.332 e. The van der Waals surface area contributed by atoms with Gasteiger partial charge in [-0.25, -0.2) is 4.79 Å². The Morgan fingerprint density at radius 2 is 2.23 bits per heavy atom. The van der Waals surface area contributed by atoms with E-state index in [-0.39, 0.29) is 12.1 Å². The Bertz CT molecular complexity index is 708. The number of piperidine rings is 1. The molecule has 0 aliphatic carbocycles. The van der Waals surface area contributed by atoms with E-state index >= 15 is 0 Å². The molecule has 114 valence electrons. The number of hydrogen-bond donors (Lipinski definition) is 1. The summed E-state index contributed by atoms with van der Waals surface area (Å²) in [5.74, 6) is 0.607. The lowest BCUT2D eigenvalue weighted by Gasteiger charge is -2.22. The first-order chi connectivity index (χ1) is 10.7. The molecule has 2 aromatic rings. The second-order valence-electron chi connectivity index (χ2n) is 6.41. The molecular weight excluding hydrogens is 276 g/mol. The van der Waals surface area contributed by atoms with Crippen LogP contribution in [0, 0.1) is 12.8 Å². The molecule has 5 nitrogen and oxygen atoms in total. The molecule has 2 bridgehead atoms. The highest BCUT2D eigenvalue weighted by atomic mass is 16.2. The van der Waals surface area contributed by atoms with Gasteiger partial charge in [0.05, 0.1) is 6.20 Å². The number of hydrogen-bond acceptors (Lipinski definition) is 3. The Morgan fingerprint density at radius 1 is 1.32 bits per heavy atom. The fourth-order valence-corrected chi connectivity index (χ4v) is 3.58. The van der Waals surface area contributed by atoms with Gasteiger partial charge in [-0.3, -0.25) is 0 Å². The summed E-state index contributed by atoms with van der Waals surface area (Å²) < 4.78 is 1.42. The second kappa shape index (κ2) is 5.25. The summed E-state index contributed by atoms with van der Waals surface area (Å²) in [5, 5.41) is 7.34. The maximum atomic E-state index is 12.4. The molecule has 22 heavy (non-hydrogen) atoms. The van der Waals surface area contributed by atoms with E-state index in [1.54, 1.807) is 12.4 Å². The van der Waals surface area contributed by atoms with Gasteiger partial charge in [-0.1, -0.05) is 29.8 Å². The van der Waals surface area contributed by atoms with Gasteiger partial charge >= 0.3 is 6.03 Å². The van der Waals surface area contributed by atoms with Gasteiger partial charge in [0.1, 0.15) is 0 Å². The number of benzene rings is 1. The van der Waals surface area contributed by atoms with Crippen molar-refractivity contribution in [3.05, 3.63) is 42.2 Å². The van der Waals surface area contributed by atoms with Crippen LogP contribution in [0.2, 0.25) is 0 Å². The summed E-state index contributed by atoms with van der Waals surface area (Å²) >= 11 is 0. The zero-order valence-corrected chi connectivity index (χ0v) is 12.7. The topological polar surface area (TPSA) is 50.2 Å². The van der Waals surface area contributed by atoms with Crippen LogP contribution in [0.3, 0.4) is 0 Å². The van der Waals surface area contributed by atoms with E-state index in [4.69, 9.17) is 0 Å². The van der Waals surface area contributed by atoms with Gasteiger partial charge in [-0.05, 0) is 31.4 Å². The molecule has 1 amide bonds. The summed E-state index contributed by atoms with van der Waals surface area (Å²) in [5.41, 5.74) is 3.26. The van der Waals surface area contributed by atoms with Crippen molar-refractivity contribution >= 4 is 6.03 Å². The van der Waals surface area contributed by atoms with Crippen molar-refractivity contribution in [2.45, 2.75) is 19.4 Å². The van der Waals surface area contributed by atoms with E-state index in [0.29, 0.717) is 5.92 Å². The Kier molecular flexibility index (Phi) is 3.22. The van der Waals surface area contributed by atoms with Gasteiger partial charge in [0.25, 0.3) is 0 Å². The van der Waals surface area contributed by atoms with Gasteiger partial charge < -0.3 is 10.2 Å². The summed E-state index contributed by atoms with van der Waals surface area (Å²) in [6.45, 7) is 5.34. The Balaban J connectivity index is 1.48. The first kappa shape index (κ1) is 13.5. The first-order valence-electron chi connectivity index (χ1n) is 7.84. The van der Waals surface area contributed by atoms with Crippen LogP contribution in [0.1, 0.15) is 12.0 Å². The van der Waals surface area contributed by atoms with Crippen molar-refractivity contribution < 1.29 is 4.79 Å². The molecule has 4 rings (SSSR count). The number of fused-ring (bicyclic) bond motifs is 2. The Labute approximate surface area is 129 Å². The van der Waals surface area contributed by atoms with E-state index in [1.165, 1.54) is 23.2 Å². The average Bonchev–Trinajstić information content (AvgIpc) is 3.23. The number of aryl methyl sites for hydroxylation is 1. The molecule has 2 unspecified atom stereocenters. The fraction of sp³-hybridized carbons (Fsp3) is 0.412. The van der Waals surface area contributed by atoms with Crippen molar-refractivity contribution in [3.8, 4) is 11.1 Å². The van der Waals surface area contributed by atoms with Crippen LogP contribution < -0.4 is 5.32 Å². The molecule has 3 heterocycles. The maximum Gasteiger partial charge on any atom is 0.342 e. The molecule has 0 radical (unpaired) electrons. The van der Waals surface area contributed by atoms with Crippen LogP contribution in [0.15, 0.2) is 36.7 Å². The van der Waals surface area contributed by atoms with E-state index < -0.39 is 0 Å². The van der Waals surface area contributed by atoms with Gasteiger partial charge in [0, 0.05) is 30.9 Å². The van der Waals surface area contributed by atoms with Crippen molar-refractivity contribution in [2.24, 2.45) is 5.92 Å². The number of amides is 1.